The van der Waals surface area contributed by atoms with Crippen molar-refractivity contribution in [3.05, 3.63) is 53.8 Å². The molecule has 0 spiro atoms. The number of rotatable bonds is 7. The van der Waals surface area contributed by atoms with E-state index in [4.69, 9.17) is 0 Å². The lowest BCUT2D eigenvalue weighted by Gasteiger charge is -2.09. The maximum Gasteiger partial charge on any atom is 0.273 e. The molecule has 1 amide bonds. The molecule has 136 valence electrons. The Labute approximate surface area is 154 Å². The number of carbonyl (C=O) groups is 1. The van der Waals surface area contributed by atoms with Gasteiger partial charge in [0, 0.05) is 30.0 Å². The predicted molar refractivity (Wildman–Crippen MR) is 99.8 cm³/mol. The SMILES string of the molecule is CCCn1nccc1C(=O)Nc1ccc(S(=O)(=O)Nc2nccs2)cc1. The third-order valence-electron chi connectivity index (χ3n) is 3.46. The minimum atomic E-state index is -3.71. The van der Waals surface area contributed by atoms with Crippen molar-refractivity contribution in [1.82, 2.24) is 14.8 Å². The number of thiazole rings is 1. The molecule has 3 rings (SSSR count). The van der Waals surface area contributed by atoms with Crippen LogP contribution in [0.2, 0.25) is 0 Å². The number of sulfonamides is 1. The molecule has 0 aliphatic carbocycles. The van der Waals surface area contributed by atoms with E-state index in [1.54, 1.807) is 22.3 Å². The van der Waals surface area contributed by atoms with Crippen molar-refractivity contribution in [3.63, 3.8) is 0 Å². The van der Waals surface area contributed by atoms with Crippen molar-refractivity contribution in [2.75, 3.05) is 10.0 Å². The van der Waals surface area contributed by atoms with Crippen molar-refractivity contribution < 1.29 is 13.2 Å². The first-order valence-electron chi connectivity index (χ1n) is 7.85. The van der Waals surface area contributed by atoms with E-state index in [0.29, 0.717) is 23.1 Å². The molecule has 2 N–H and O–H groups in total. The lowest BCUT2D eigenvalue weighted by molar-refractivity contribution is 0.101. The van der Waals surface area contributed by atoms with Gasteiger partial charge in [0.2, 0.25) is 0 Å². The van der Waals surface area contributed by atoms with Crippen LogP contribution in [0.1, 0.15) is 23.8 Å². The van der Waals surface area contributed by atoms with Gasteiger partial charge in [-0.15, -0.1) is 11.3 Å². The molecule has 8 nitrogen and oxygen atoms in total. The second kappa shape index (κ2) is 7.67. The summed E-state index contributed by atoms with van der Waals surface area (Å²) < 4.78 is 28.6. The summed E-state index contributed by atoms with van der Waals surface area (Å²) in [5.41, 5.74) is 0.946. The van der Waals surface area contributed by atoms with Crippen LogP contribution in [0.5, 0.6) is 0 Å². The van der Waals surface area contributed by atoms with Crippen LogP contribution in [0.25, 0.3) is 0 Å². The molecule has 26 heavy (non-hydrogen) atoms. The van der Waals surface area contributed by atoms with Gasteiger partial charge in [0.25, 0.3) is 15.9 Å². The number of hydrogen-bond donors (Lipinski definition) is 2. The van der Waals surface area contributed by atoms with Gasteiger partial charge < -0.3 is 5.32 Å². The summed E-state index contributed by atoms with van der Waals surface area (Å²) in [7, 11) is -3.71. The van der Waals surface area contributed by atoms with Gasteiger partial charge in [0.15, 0.2) is 5.13 Å². The fourth-order valence-corrected chi connectivity index (χ4v) is 4.06. The summed E-state index contributed by atoms with van der Waals surface area (Å²) in [5, 5.41) is 8.83. The van der Waals surface area contributed by atoms with E-state index in [-0.39, 0.29) is 10.8 Å². The highest BCUT2D eigenvalue weighted by Gasteiger charge is 2.16. The van der Waals surface area contributed by atoms with Gasteiger partial charge in [0.05, 0.1) is 4.90 Å². The van der Waals surface area contributed by atoms with Crippen LogP contribution in [0.15, 0.2) is 53.0 Å². The van der Waals surface area contributed by atoms with Gasteiger partial charge in [-0.2, -0.15) is 5.10 Å². The van der Waals surface area contributed by atoms with Crippen molar-refractivity contribution in [3.8, 4) is 0 Å². The van der Waals surface area contributed by atoms with Crippen LogP contribution in [0, 0.1) is 0 Å². The van der Waals surface area contributed by atoms with Crippen LogP contribution in [0.4, 0.5) is 10.8 Å². The van der Waals surface area contributed by atoms with Gasteiger partial charge in [0.1, 0.15) is 5.69 Å². The average molecular weight is 391 g/mol. The zero-order valence-corrected chi connectivity index (χ0v) is 15.5. The molecule has 2 aromatic heterocycles. The first-order valence-corrected chi connectivity index (χ1v) is 10.2. The molecule has 0 atom stereocenters. The second-order valence-electron chi connectivity index (χ2n) is 5.36. The highest BCUT2D eigenvalue weighted by atomic mass is 32.2. The monoisotopic (exact) mass is 391 g/mol. The minimum Gasteiger partial charge on any atom is -0.321 e. The number of benzene rings is 1. The zero-order valence-electron chi connectivity index (χ0n) is 13.9. The van der Waals surface area contributed by atoms with Gasteiger partial charge in [-0.1, -0.05) is 6.92 Å². The summed E-state index contributed by atoms with van der Waals surface area (Å²) in [6, 6.07) is 7.56. The highest BCUT2D eigenvalue weighted by Crippen LogP contribution is 2.20. The number of aryl methyl sites for hydroxylation is 1. The molecule has 10 heteroatoms. The van der Waals surface area contributed by atoms with Crippen LogP contribution < -0.4 is 10.0 Å². The lowest BCUT2D eigenvalue weighted by Crippen LogP contribution is -2.18. The lowest BCUT2D eigenvalue weighted by atomic mass is 10.3. The molecule has 1 aromatic carbocycles. The molecular formula is C16H17N5O3S2. The van der Waals surface area contributed by atoms with Crippen molar-refractivity contribution in [1.29, 1.82) is 0 Å². The summed E-state index contributed by atoms with van der Waals surface area (Å²) in [6.45, 7) is 2.65. The van der Waals surface area contributed by atoms with E-state index in [9.17, 15) is 13.2 Å². The standard InChI is InChI=1S/C16H17N5O3S2/c1-2-10-21-14(7-8-18-21)15(22)19-12-3-5-13(6-4-12)26(23,24)20-16-17-9-11-25-16/h3-9,11H,2,10H2,1H3,(H,17,20)(H,19,22). The van der Waals surface area contributed by atoms with Crippen LogP contribution in [0.3, 0.4) is 0 Å². The number of anilines is 2. The fraction of sp³-hybridized carbons (Fsp3) is 0.188. The van der Waals surface area contributed by atoms with Crippen molar-refractivity contribution >= 4 is 38.1 Å². The van der Waals surface area contributed by atoms with Crippen molar-refractivity contribution in [2.45, 2.75) is 24.8 Å². The maximum absolute atomic E-state index is 12.4. The topological polar surface area (TPSA) is 106 Å². The summed E-state index contributed by atoms with van der Waals surface area (Å²) in [4.78, 5) is 16.3. The van der Waals surface area contributed by atoms with Gasteiger partial charge in [-0.25, -0.2) is 13.4 Å². The molecule has 3 aromatic rings. The normalized spacial score (nSPS) is 11.3. The van der Waals surface area contributed by atoms with Gasteiger partial charge in [-0.3, -0.25) is 14.2 Å². The Morgan fingerprint density at radius 3 is 2.62 bits per heavy atom. The first kappa shape index (κ1) is 18.1. The zero-order chi connectivity index (χ0) is 18.6. The predicted octanol–water partition coefficient (Wildman–Crippen LogP) is 2.80. The molecule has 0 aliphatic heterocycles. The molecule has 0 unspecified atom stereocenters. The number of amides is 1. The van der Waals surface area contributed by atoms with Gasteiger partial charge in [-0.05, 0) is 36.8 Å². The Hall–Kier alpha value is -2.72. The third kappa shape index (κ3) is 4.09. The van der Waals surface area contributed by atoms with E-state index in [0.717, 1.165) is 6.42 Å². The first-order chi connectivity index (χ1) is 12.5. The number of nitrogens with zero attached hydrogens (tertiary/aromatic N) is 3. The quantitative estimate of drug-likeness (QED) is 0.644. The number of carbonyl (C=O) groups excluding carboxylic acids is 1. The van der Waals surface area contributed by atoms with E-state index in [1.807, 2.05) is 6.92 Å². The maximum atomic E-state index is 12.4. The fourth-order valence-electron chi connectivity index (χ4n) is 2.28. The Kier molecular flexibility index (Phi) is 5.33. The highest BCUT2D eigenvalue weighted by molar-refractivity contribution is 7.93. The van der Waals surface area contributed by atoms with Crippen LogP contribution >= 0.6 is 11.3 Å². The number of nitrogens with one attached hydrogen (secondary N) is 2. The average Bonchev–Trinajstić information content (AvgIpc) is 3.27. The van der Waals surface area contributed by atoms with E-state index in [2.05, 4.69) is 20.1 Å². The number of hydrogen-bond acceptors (Lipinski definition) is 6. The van der Waals surface area contributed by atoms with E-state index < -0.39 is 10.0 Å². The van der Waals surface area contributed by atoms with Crippen LogP contribution in [-0.2, 0) is 16.6 Å². The van der Waals surface area contributed by atoms with E-state index in [1.165, 1.54) is 41.8 Å². The van der Waals surface area contributed by atoms with Gasteiger partial charge >= 0.3 is 0 Å². The third-order valence-corrected chi connectivity index (χ3v) is 5.63. The van der Waals surface area contributed by atoms with E-state index >= 15 is 0 Å². The summed E-state index contributed by atoms with van der Waals surface area (Å²) in [5.74, 6) is -0.299. The molecule has 0 fully saturated rings. The molecular weight excluding hydrogens is 374 g/mol. The molecule has 0 saturated heterocycles. The summed E-state index contributed by atoms with van der Waals surface area (Å²) >= 11 is 1.19. The molecule has 0 saturated carbocycles. The Morgan fingerprint density at radius 2 is 1.96 bits per heavy atom. The summed E-state index contributed by atoms with van der Waals surface area (Å²) in [6.07, 6.45) is 3.95. The Morgan fingerprint density at radius 1 is 1.19 bits per heavy atom. The molecule has 0 aliphatic rings. The van der Waals surface area contributed by atoms with Crippen molar-refractivity contribution in [2.24, 2.45) is 0 Å². The second-order valence-corrected chi connectivity index (χ2v) is 7.94. The molecule has 0 bridgehead atoms. The minimum absolute atomic E-state index is 0.0849. The molecule has 2 heterocycles. The molecule has 0 radical (unpaired) electrons. The Balaban J connectivity index is 1.71. The smallest absolute Gasteiger partial charge is 0.273 e. The van der Waals surface area contributed by atoms with Crippen LogP contribution in [-0.4, -0.2) is 29.1 Å². The Bertz CT molecular complexity index is 979. The largest absolute Gasteiger partial charge is 0.321 e. The number of aromatic nitrogens is 3.